The van der Waals surface area contributed by atoms with Gasteiger partial charge in [0.25, 0.3) is 0 Å². The largest absolute Gasteiger partial charge is 0.455 e. The van der Waals surface area contributed by atoms with Crippen molar-refractivity contribution in [2.24, 2.45) is 35.5 Å². The van der Waals surface area contributed by atoms with Gasteiger partial charge in [-0.2, -0.15) is 0 Å². The maximum absolute atomic E-state index is 12.2. The van der Waals surface area contributed by atoms with Crippen LogP contribution in [0.2, 0.25) is 0 Å². The average molecular weight is 374 g/mol. The maximum atomic E-state index is 12.2. The second-order valence-electron chi connectivity index (χ2n) is 8.21. The minimum Gasteiger partial charge on any atom is -0.455 e. The molecule has 144 valence electrons. The molecule has 1 aliphatic heterocycles. The van der Waals surface area contributed by atoms with Crippen molar-refractivity contribution in [3.63, 3.8) is 0 Å². The topological polar surface area (TPSA) is 96.0 Å². The molecular weight excluding hydrogens is 352 g/mol. The predicted molar refractivity (Wildman–Crippen MR) is 90.7 cm³/mol. The highest BCUT2D eigenvalue weighted by atomic mass is 16.6. The molecule has 0 radical (unpaired) electrons. The van der Waals surface area contributed by atoms with Crippen molar-refractivity contribution in [1.82, 2.24) is 0 Å². The van der Waals surface area contributed by atoms with Gasteiger partial charge in [0, 0.05) is 17.1 Å². The van der Waals surface area contributed by atoms with E-state index >= 15 is 0 Å². The van der Waals surface area contributed by atoms with Gasteiger partial charge in [0.05, 0.1) is 11.8 Å². The van der Waals surface area contributed by atoms with E-state index in [9.17, 15) is 19.2 Å². The molecule has 0 aromatic rings. The molecule has 0 spiro atoms. The smallest absolute Gasteiger partial charge is 0.333 e. The molecule has 3 aliphatic carbocycles. The Bertz CT molecular complexity index is 781. The first kappa shape index (κ1) is 17.9. The average Bonchev–Trinajstić information content (AvgIpc) is 3.29. The van der Waals surface area contributed by atoms with Gasteiger partial charge in [-0.25, -0.2) is 9.59 Å². The molecule has 3 saturated carbocycles. The van der Waals surface area contributed by atoms with E-state index in [2.05, 4.69) is 13.2 Å². The zero-order chi connectivity index (χ0) is 19.6. The van der Waals surface area contributed by atoms with Gasteiger partial charge in [-0.3, -0.25) is 9.59 Å². The SMILES string of the molecule is C=C(C)C(=O)OC1CC2C3CC(C4C(=O)OC(=O)C34)C2C1OC(=O)C(=C)C. The zero-order valence-electron chi connectivity index (χ0n) is 15.3. The molecule has 2 bridgehead atoms. The first-order valence-electron chi connectivity index (χ1n) is 9.19. The number of hydrogen-bond acceptors (Lipinski definition) is 7. The molecule has 8 unspecified atom stereocenters. The summed E-state index contributed by atoms with van der Waals surface area (Å²) < 4.78 is 16.1. The summed E-state index contributed by atoms with van der Waals surface area (Å²) in [5.41, 5.74) is 0.510. The number of rotatable bonds is 4. The second-order valence-corrected chi connectivity index (χ2v) is 8.21. The number of carbonyl (C=O) groups excluding carboxylic acids is 4. The van der Waals surface area contributed by atoms with Gasteiger partial charge < -0.3 is 14.2 Å². The molecule has 7 nitrogen and oxygen atoms in total. The van der Waals surface area contributed by atoms with Gasteiger partial charge in [0.1, 0.15) is 12.2 Å². The first-order chi connectivity index (χ1) is 12.7. The molecule has 27 heavy (non-hydrogen) atoms. The van der Waals surface area contributed by atoms with Crippen molar-refractivity contribution in [3.05, 3.63) is 24.3 Å². The number of fused-ring (bicyclic) bond motifs is 8. The summed E-state index contributed by atoms with van der Waals surface area (Å²) in [4.78, 5) is 48.5. The van der Waals surface area contributed by atoms with E-state index in [1.54, 1.807) is 13.8 Å². The summed E-state index contributed by atoms with van der Waals surface area (Å²) in [6, 6.07) is 0. The van der Waals surface area contributed by atoms with Crippen molar-refractivity contribution in [2.75, 3.05) is 0 Å². The molecule has 1 heterocycles. The van der Waals surface area contributed by atoms with Gasteiger partial charge in [-0.15, -0.1) is 0 Å². The lowest BCUT2D eigenvalue weighted by Gasteiger charge is -2.33. The Morgan fingerprint density at radius 3 is 2.04 bits per heavy atom. The summed E-state index contributed by atoms with van der Waals surface area (Å²) in [5.74, 6) is -3.15. The van der Waals surface area contributed by atoms with Crippen LogP contribution in [0.15, 0.2) is 24.3 Å². The van der Waals surface area contributed by atoms with Gasteiger partial charge in [-0.05, 0) is 44.4 Å². The van der Waals surface area contributed by atoms with E-state index in [-0.39, 0.29) is 34.8 Å². The first-order valence-corrected chi connectivity index (χ1v) is 9.19. The lowest BCUT2D eigenvalue weighted by atomic mass is 9.70. The molecule has 8 atom stereocenters. The fourth-order valence-electron chi connectivity index (χ4n) is 5.66. The molecule has 0 amide bonds. The van der Waals surface area contributed by atoms with Crippen molar-refractivity contribution >= 4 is 23.9 Å². The van der Waals surface area contributed by atoms with Crippen LogP contribution in [0, 0.1) is 35.5 Å². The summed E-state index contributed by atoms with van der Waals surface area (Å²) in [5, 5.41) is 0. The highest BCUT2D eigenvalue weighted by molar-refractivity contribution is 5.97. The van der Waals surface area contributed by atoms with Crippen molar-refractivity contribution in [3.8, 4) is 0 Å². The van der Waals surface area contributed by atoms with E-state index in [0.717, 1.165) is 6.42 Å². The highest BCUT2D eigenvalue weighted by Gasteiger charge is 2.71. The number of carbonyl (C=O) groups is 4. The number of esters is 4. The molecule has 4 fully saturated rings. The van der Waals surface area contributed by atoms with E-state index in [1.165, 1.54) is 0 Å². The van der Waals surface area contributed by atoms with Crippen LogP contribution >= 0.6 is 0 Å². The lowest BCUT2D eigenvalue weighted by molar-refractivity contribution is -0.164. The van der Waals surface area contributed by atoms with E-state index in [4.69, 9.17) is 14.2 Å². The van der Waals surface area contributed by atoms with Gasteiger partial charge in [-0.1, -0.05) is 13.2 Å². The van der Waals surface area contributed by atoms with Crippen molar-refractivity contribution in [2.45, 2.75) is 38.9 Å². The molecular formula is C20H22O7. The molecule has 4 rings (SSSR count). The van der Waals surface area contributed by atoms with Crippen LogP contribution in [0.25, 0.3) is 0 Å². The Labute approximate surface area is 156 Å². The minimum atomic E-state index is -0.665. The summed E-state index contributed by atoms with van der Waals surface area (Å²) >= 11 is 0. The van der Waals surface area contributed by atoms with E-state index in [1.807, 2.05) is 0 Å². The molecule has 0 N–H and O–H groups in total. The number of ether oxygens (including phenoxy) is 3. The maximum Gasteiger partial charge on any atom is 0.333 e. The minimum absolute atomic E-state index is 0.0106. The third-order valence-electron chi connectivity index (χ3n) is 6.59. The fraction of sp³-hybridized carbons (Fsp3) is 0.600. The molecule has 1 saturated heterocycles. The highest BCUT2D eigenvalue weighted by Crippen LogP contribution is 2.66. The zero-order valence-corrected chi connectivity index (χ0v) is 15.3. The fourth-order valence-corrected chi connectivity index (χ4v) is 5.66. The van der Waals surface area contributed by atoms with Crippen LogP contribution in [-0.4, -0.2) is 36.1 Å². The Morgan fingerprint density at radius 1 is 0.889 bits per heavy atom. The molecule has 4 aliphatic rings. The predicted octanol–water partition coefficient (Wildman–Crippen LogP) is 1.56. The number of cyclic esters (lactones) is 2. The normalized spacial score (nSPS) is 41.0. The molecule has 0 aromatic heterocycles. The Balaban J connectivity index is 1.63. The van der Waals surface area contributed by atoms with Crippen LogP contribution in [0.4, 0.5) is 0 Å². The van der Waals surface area contributed by atoms with Gasteiger partial charge in [0.15, 0.2) is 0 Å². The van der Waals surface area contributed by atoms with E-state index < -0.39 is 47.9 Å². The van der Waals surface area contributed by atoms with Gasteiger partial charge in [0.2, 0.25) is 0 Å². The van der Waals surface area contributed by atoms with E-state index in [0.29, 0.717) is 6.42 Å². The number of hydrogen-bond donors (Lipinski definition) is 0. The van der Waals surface area contributed by atoms with Crippen LogP contribution < -0.4 is 0 Å². The van der Waals surface area contributed by atoms with Gasteiger partial charge >= 0.3 is 23.9 Å². The van der Waals surface area contributed by atoms with Crippen LogP contribution in [0.1, 0.15) is 26.7 Å². The van der Waals surface area contributed by atoms with Crippen molar-refractivity contribution < 1.29 is 33.4 Å². The lowest BCUT2D eigenvalue weighted by Crippen LogP contribution is -2.41. The quantitative estimate of drug-likeness (QED) is 0.319. The third-order valence-corrected chi connectivity index (χ3v) is 6.59. The summed E-state index contributed by atoms with van der Waals surface area (Å²) in [6.45, 7) is 10.3. The second kappa shape index (κ2) is 6.04. The van der Waals surface area contributed by atoms with Crippen molar-refractivity contribution in [1.29, 1.82) is 0 Å². The summed E-state index contributed by atoms with van der Waals surface area (Å²) in [7, 11) is 0. The third kappa shape index (κ3) is 2.55. The van der Waals surface area contributed by atoms with Crippen LogP contribution in [-0.2, 0) is 33.4 Å². The standard InChI is InChI=1S/C20H22O7/c1-7(2)17(21)25-12-6-10-9-5-11(15-14(9)19(23)27-20(15)24)13(10)16(12)26-18(22)8(3)4/h9-16H,1,3,5-6H2,2,4H3. The van der Waals surface area contributed by atoms with Crippen LogP contribution in [0.5, 0.6) is 0 Å². The summed E-state index contributed by atoms with van der Waals surface area (Å²) in [6.07, 6.45) is -0.0676. The van der Waals surface area contributed by atoms with Crippen LogP contribution in [0.3, 0.4) is 0 Å². The Kier molecular flexibility index (Phi) is 4.01. The Hall–Kier alpha value is -2.44. The monoisotopic (exact) mass is 374 g/mol. The molecule has 0 aromatic carbocycles. The molecule has 7 heteroatoms. The Morgan fingerprint density at radius 2 is 1.44 bits per heavy atom.